The van der Waals surface area contributed by atoms with Gasteiger partial charge in [-0.1, -0.05) is 0 Å². The molecule has 0 aromatic carbocycles. The summed E-state index contributed by atoms with van der Waals surface area (Å²) < 4.78 is 0.863. The first-order valence-corrected chi connectivity index (χ1v) is 2.39. The van der Waals surface area contributed by atoms with Crippen LogP contribution >= 0.6 is 0 Å². The quantitative estimate of drug-likeness (QED) is 0.447. The van der Waals surface area contributed by atoms with E-state index in [1.807, 2.05) is 0 Å². The van der Waals surface area contributed by atoms with Crippen molar-refractivity contribution in [3.05, 3.63) is 6.20 Å². The zero-order chi connectivity index (χ0) is 4.41. The molecule has 6 heavy (non-hydrogen) atoms. The number of aromatic nitrogens is 3. The van der Waals surface area contributed by atoms with Gasteiger partial charge in [0.2, 0.25) is 0 Å². The van der Waals surface area contributed by atoms with Crippen LogP contribution < -0.4 is 4.59 Å². The number of hydrogen-bond acceptors (Lipinski definition) is 2. The first-order chi connectivity index (χ1) is 2.89. The third kappa shape index (κ3) is 0.584. The standard InChI is InChI=1S/C2H3N3Se/c6-2-1-3-5-4-2/h1H,(H2,3,4,5,6). The molecule has 1 aromatic rings. The van der Waals surface area contributed by atoms with Crippen LogP contribution in [-0.2, 0) is 0 Å². The van der Waals surface area contributed by atoms with Crippen LogP contribution in [0.3, 0.4) is 0 Å². The summed E-state index contributed by atoms with van der Waals surface area (Å²) in [5.74, 6) is 0. The van der Waals surface area contributed by atoms with Gasteiger partial charge in [0.15, 0.2) is 0 Å². The van der Waals surface area contributed by atoms with Gasteiger partial charge in [-0.15, -0.1) is 0 Å². The van der Waals surface area contributed by atoms with E-state index in [4.69, 9.17) is 0 Å². The molecule has 1 heterocycles. The first kappa shape index (κ1) is 3.84. The monoisotopic (exact) mass is 149 g/mol. The Balaban J connectivity index is 3.05. The molecular formula is C2H3N3Se. The molecule has 1 aromatic heterocycles. The van der Waals surface area contributed by atoms with Crippen molar-refractivity contribution in [2.45, 2.75) is 0 Å². The van der Waals surface area contributed by atoms with Crippen molar-refractivity contribution in [2.24, 2.45) is 0 Å². The summed E-state index contributed by atoms with van der Waals surface area (Å²) in [6.45, 7) is 0. The fourth-order valence-electron chi connectivity index (χ4n) is 0.196. The second kappa shape index (κ2) is 1.41. The van der Waals surface area contributed by atoms with Crippen molar-refractivity contribution >= 4 is 20.6 Å². The summed E-state index contributed by atoms with van der Waals surface area (Å²) in [5, 5.41) is 9.57. The Labute approximate surface area is 43.0 Å². The molecule has 3 nitrogen and oxygen atoms in total. The van der Waals surface area contributed by atoms with E-state index in [9.17, 15) is 0 Å². The van der Waals surface area contributed by atoms with Crippen LogP contribution in [0.2, 0.25) is 0 Å². The fourth-order valence-corrected chi connectivity index (χ4v) is 0.411. The van der Waals surface area contributed by atoms with Crippen LogP contribution in [0.25, 0.3) is 0 Å². The predicted octanol–water partition coefficient (Wildman–Crippen LogP) is -1.67. The Bertz CT molecular complexity index is 112. The molecule has 0 aliphatic heterocycles. The van der Waals surface area contributed by atoms with Crippen molar-refractivity contribution in [2.75, 3.05) is 0 Å². The van der Waals surface area contributed by atoms with E-state index in [2.05, 4.69) is 31.4 Å². The molecule has 0 amide bonds. The van der Waals surface area contributed by atoms with Crippen LogP contribution in [0.15, 0.2) is 6.20 Å². The Morgan fingerprint density at radius 3 is 2.83 bits per heavy atom. The molecule has 32 valence electrons. The normalized spacial score (nSPS) is 8.83. The topological polar surface area (TPSA) is 41.6 Å². The van der Waals surface area contributed by atoms with Crippen molar-refractivity contribution in [1.82, 2.24) is 15.4 Å². The molecule has 0 saturated heterocycles. The molecule has 1 rings (SSSR count). The second-order valence-electron chi connectivity index (χ2n) is 0.832. The van der Waals surface area contributed by atoms with Crippen molar-refractivity contribution in [3.8, 4) is 0 Å². The molecule has 0 bridgehead atoms. The second-order valence-corrected chi connectivity index (χ2v) is 1.79. The van der Waals surface area contributed by atoms with Crippen LogP contribution in [-0.4, -0.2) is 31.4 Å². The van der Waals surface area contributed by atoms with Gasteiger partial charge in [0.05, 0.1) is 0 Å². The van der Waals surface area contributed by atoms with Gasteiger partial charge in [-0.2, -0.15) is 0 Å². The van der Waals surface area contributed by atoms with Gasteiger partial charge in [0, 0.05) is 0 Å². The zero-order valence-electron chi connectivity index (χ0n) is 2.92. The number of H-pyrrole nitrogens is 1. The van der Waals surface area contributed by atoms with E-state index in [0.717, 1.165) is 4.59 Å². The third-order valence-electron chi connectivity index (χ3n) is 0.404. The summed E-state index contributed by atoms with van der Waals surface area (Å²) in [4.78, 5) is 0. The van der Waals surface area contributed by atoms with Crippen LogP contribution in [0.4, 0.5) is 0 Å². The predicted molar refractivity (Wildman–Crippen MR) is 23.2 cm³/mol. The molecule has 0 aliphatic rings. The van der Waals surface area contributed by atoms with Crippen LogP contribution in [0.1, 0.15) is 0 Å². The van der Waals surface area contributed by atoms with E-state index < -0.39 is 0 Å². The molecule has 1 N–H and O–H groups in total. The number of rotatable bonds is 0. The Morgan fingerprint density at radius 1 is 1.83 bits per heavy atom. The minimum atomic E-state index is 0.863. The van der Waals surface area contributed by atoms with Gasteiger partial charge in [-0.05, 0) is 0 Å². The van der Waals surface area contributed by atoms with Gasteiger partial charge in [0.25, 0.3) is 0 Å². The van der Waals surface area contributed by atoms with Gasteiger partial charge in [-0.3, -0.25) is 0 Å². The fraction of sp³-hybridized carbons (Fsp3) is 0. The van der Waals surface area contributed by atoms with E-state index in [0.29, 0.717) is 0 Å². The third-order valence-corrected chi connectivity index (χ3v) is 0.862. The molecule has 0 aliphatic carbocycles. The molecule has 0 saturated carbocycles. The molecule has 0 atom stereocenters. The summed E-state index contributed by atoms with van der Waals surface area (Å²) in [6.07, 6.45) is 1.71. The number of nitrogens with one attached hydrogen (secondary N) is 1. The van der Waals surface area contributed by atoms with Gasteiger partial charge in [0.1, 0.15) is 0 Å². The van der Waals surface area contributed by atoms with Gasteiger partial charge in [-0.25, -0.2) is 0 Å². The van der Waals surface area contributed by atoms with Crippen molar-refractivity contribution in [1.29, 1.82) is 0 Å². The summed E-state index contributed by atoms with van der Waals surface area (Å²) in [7, 11) is 0. The summed E-state index contributed by atoms with van der Waals surface area (Å²) >= 11 is 2.28. The molecule has 0 spiro atoms. The molecule has 4 heteroatoms. The van der Waals surface area contributed by atoms with Crippen LogP contribution in [0.5, 0.6) is 0 Å². The Morgan fingerprint density at radius 2 is 2.67 bits per heavy atom. The maximum atomic E-state index is 3.58. The molecular weight excluding hydrogens is 145 g/mol. The van der Waals surface area contributed by atoms with Gasteiger partial charge < -0.3 is 0 Å². The average molecular weight is 148 g/mol. The number of aromatic amines is 1. The summed E-state index contributed by atoms with van der Waals surface area (Å²) in [5.41, 5.74) is 0. The van der Waals surface area contributed by atoms with E-state index in [1.54, 1.807) is 6.20 Å². The number of nitrogens with zero attached hydrogens (tertiary/aromatic N) is 2. The first-order valence-electron chi connectivity index (χ1n) is 1.45. The Kier molecular flexibility index (Phi) is 0.900. The van der Waals surface area contributed by atoms with E-state index >= 15 is 0 Å². The molecule has 0 fully saturated rings. The van der Waals surface area contributed by atoms with Gasteiger partial charge >= 0.3 is 42.2 Å². The van der Waals surface area contributed by atoms with E-state index in [-0.39, 0.29) is 0 Å². The molecule has 0 radical (unpaired) electrons. The van der Waals surface area contributed by atoms with Crippen molar-refractivity contribution in [3.63, 3.8) is 0 Å². The van der Waals surface area contributed by atoms with Crippen LogP contribution in [0, 0.1) is 0 Å². The minimum absolute atomic E-state index is 0.863. The van der Waals surface area contributed by atoms with Crippen molar-refractivity contribution < 1.29 is 0 Å². The summed E-state index contributed by atoms with van der Waals surface area (Å²) in [6, 6.07) is 0. The van der Waals surface area contributed by atoms with E-state index in [1.165, 1.54) is 0 Å². The average Bonchev–Trinajstić information content (AvgIpc) is 1.86. The molecule has 0 unspecified atom stereocenters. The zero-order valence-corrected chi connectivity index (χ0v) is 4.80. The number of hydrogen-bond donors (Lipinski definition) is 1. The SMILES string of the molecule is [SeH]c1c[nH]nn1. The Hall–Kier alpha value is -0.341. The maximum absolute atomic E-state index is 3.58.